The molecule has 7 nitrogen and oxygen atoms in total. The van der Waals surface area contributed by atoms with Crippen molar-refractivity contribution < 1.29 is 17.9 Å². The van der Waals surface area contributed by atoms with Gasteiger partial charge in [-0.1, -0.05) is 49.4 Å². The molecular formula is C28H28N2O5S2. The van der Waals surface area contributed by atoms with Crippen LogP contribution in [-0.4, -0.2) is 18.5 Å². The van der Waals surface area contributed by atoms with E-state index < -0.39 is 21.6 Å². The van der Waals surface area contributed by atoms with Gasteiger partial charge in [-0.3, -0.25) is 4.72 Å². The summed E-state index contributed by atoms with van der Waals surface area (Å²) >= 11 is 1.20. The number of thiazole rings is 1. The Kier molecular flexibility index (Phi) is 7.17. The van der Waals surface area contributed by atoms with Crippen LogP contribution in [0.4, 0.5) is 5.69 Å². The molecule has 2 aromatic heterocycles. The van der Waals surface area contributed by atoms with Gasteiger partial charge >= 0.3 is 5.63 Å². The summed E-state index contributed by atoms with van der Waals surface area (Å²) in [4.78, 5) is 17.1. The third kappa shape index (κ3) is 5.62. The lowest BCUT2D eigenvalue weighted by molar-refractivity contribution is 0.395. The van der Waals surface area contributed by atoms with Gasteiger partial charge in [0.25, 0.3) is 10.0 Å². The van der Waals surface area contributed by atoms with E-state index in [0.29, 0.717) is 17.9 Å². The highest BCUT2D eigenvalue weighted by molar-refractivity contribution is 7.92. The second-order valence-electron chi connectivity index (χ2n) is 9.39. The number of rotatable bonds is 10. The quantitative estimate of drug-likeness (QED) is 0.262. The van der Waals surface area contributed by atoms with Gasteiger partial charge in [0, 0.05) is 29.5 Å². The second-order valence-corrected chi connectivity index (χ2v) is 11.7. The van der Waals surface area contributed by atoms with Crippen LogP contribution in [0, 0.1) is 5.92 Å². The minimum Gasteiger partial charge on any atom is -0.507 e. The number of sulfonamides is 1. The van der Waals surface area contributed by atoms with Gasteiger partial charge in [0.05, 0.1) is 11.1 Å². The van der Waals surface area contributed by atoms with E-state index >= 15 is 0 Å². The van der Waals surface area contributed by atoms with Crippen molar-refractivity contribution in [1.82, 2.24) is 4.98 Å². The molecule has 0 spiro atoms. The summed E-state index contributed by atoms with van der Waals surface area (Å²) < 4.78 is 33.6. The Labute approximate surface area is 219 Å². The van der Waals surface area contributed by atoms with Crippen molar-refractivity contribution in [2.75, 3.05) is 4.72 Å². The highest BCUT2D eigenvalue weighted by atomic mass is 32.2. The third-order valence-corrected chi connectivity index (χ3v) is 8.83. The van der Waals surface area contributed by atoms with Gasteiger partial charge in [0.1, 0.15) is 11.5 Å². The Bertz CT molecular complexity index is 1530. The maximum absolute atomic E-state index is 13.2. The minimum atomic E-state index is -3.82. The molecule has 1 aliphatic carbocycles. The molecule has 2 N–H and O–H groups in total. The maximum Gasteiger partial charge on any atom is 0.343 e. The molecule has 4 aromatic rings. The van der Waals surface area contributed by atoms with Crippen LogP contribution in [0.25, 0.3) is 0 Å². The van der Waals surface area contributed by atoms with Crippen LogP contribution >= 0.6 is 11.3 Å². The van der Waals surface area contributed by atoms with Crippen molar-refractivity contribution in [3.05, 3.63) is 104 Å². The summed E-state index contributed by atoms with van der Waals surface area (Å²) in [5, 5.41) is 12.5. The normalized spacial score (nSPS) is 15.3. The predicted octanol–water partition coefficient (Wildman–Crippen LogP) is 5.88. The van der Waals surface area contributed by atoms with Gasteiger partial charge in [-0.2, -0.15) is 8.42 Å². The molecule has 1 saturated carbocycles. The Balaban J connectivity index is 1.44. The summed E-state index contributed by atoms with van der Waals surface area (Å²) in [6.45, 7) is 2.09. The highest BCUT2D eigenvalue weighted by Gasteiger charge is 2.37. The Morgan fingerprint density at radius 3 is 2.51 bits per heavy atom. The average molecular weight is 537 g/mol. The lowest BCUT2D eigenvalue weighted by Gasteiger charge is -2.20. The van der Waals surface area contributed by atoms with E-state index in [1.165, 1.54) is 22.2 Å². The molecule has 2 aromatic carbocycles. The van der Waals surface area contributed by atoms with Gasteiger partial charge < -0.3 is 9.52 Å². The molecule has 1 aliphatic rings. The molecule has 2 heterocycles. The zero-order chi connectivity index (χ0) is 26.0. The molecule has 192 valence electrons. The van der Waals surface area contributed by atoms with Gasteiger partial charge in [0.15, 0.2) is 5.03 Å². The molecule has 0 radical (unpaired) electrons. The fourth-order valence-corrected chi connectivity index (χ4v) is 6.72. The van der Waals surface area contributed by atoms with E-state index in [1.807, 2.05) is 24.3 Å². The number of aromatic nitrogens is 1. The first kappa shape index (κ1) is 25.2. The van der Waals surface area contributed by atoms with E-state index in [4.69, 9.17) is 4.42 Å². The van der Waals surface area contributed by atoms with Crippen LogP contribution < -0.4 is 10.3 Å². The molecular weight excluding hydrogens is 508 g/mol. The Hall–Kier alpha value is -3.43. The first-order valence-electron chi connectivity index (χ1n) is 12.3. The number of nitrogens with zero attached hydrogens (tertiary/aromatic N) is 1. The van der Waals surface area contributed by atoms with E-state index in [9.17, 15) is 18.3 Å². The van der Waals surface area contributed by atoms with Crippen LogP contribution in [0.2, 0.25) is 0 Å². The zero-order valence-electron chi connectivity index (χ0n) is 20.3. The van der Waals surface area contributed by atoms with Crippen LogP contribution in [0.1, 0.15) is 60.5 Å². The van der Waals surface area contributed by atoms with Crippen LogP contribution in [0.15, 0.2) is 85.8 Å². The van der Waals surface area contributed by atoms with E-state index in [2.05, 4.69) is 28.8 Å². The molecule has 1 fully saturated rings. The summed E-state index contributed by atoms with van der Waals surface area (Å²) in [5.41, 5.74) is 3.39. The molecule has 5 rings (SSSR count). The fraction of sp³-hybridized carbons (Fsp3) is 0.286. The second kappa shape index (κ2) is 10.5. The van der Waals surface area contributed by atoms with Gasteiger partial charge in [-0.15, -0.1) is 11.3 Å². The fourth-order valence-electron chi connectivity index (χ4n) is 4.83. The SMILES string of the molecule is CCC(Cc1cc(O)c(C(c2cccc(NS(=O)(=O)c3cscn3)c2)C2CC2)c(=O)o1)c1ccccc1. The molecule has 9 heteroatoms. The van der Waals surface area contributed by atoms with Crippen LogP contribution in [0.5, 0.6) is 5.75 Å². The van der Waals surface area contributed by atoms with Crippen molar-refractivity contribution in [3.8, 4) is 5.75 Å². The Morgan fingerprint density at radius 2 is 1.86 bits per heavy atom. The van der Waals surface area contributed by atoms with Gasteiger partial charge in [-0.25, -0.2) is 9.78 Å². The minimum absolute atomic E-state index is 0.0450. The molecule has 0 saturated heterocycles. The Morgan fingerprint density at radius 1 is 1.11 bits per heavy atom. The number of anilines is 1. The van der Waals surface area contributed by atoms with Gasteiger partial charge in [-0.05, 0) is 54.4 Å². The smallest absolute Gasteiger partial charge is 0.343 e. The molecule has 0 bridgehead atoms. The topological polar surface area (TPSA) is 110 Å². The predicted molar refractivity (Wildman–Crippen MR) is 144 cm³/mol. The largest absolute Gasteiger partial charge is 0.507 e. The summed E-state index contributed by atoms with van der Waals surface area (Å²) in [5.74, 6) is 0.292. The lowest BCUT2D eigenvalue weighted by atomic mass is 9.86. The molecule has 0 amide bonds. The molecule has 2 unspecified atom stereocenters. The zero-order valence-corrected chi connectivity index (χ0v) is 22.0. The highest BCUT2D eigenvalue weighted by Crippen LogP contribution is 2.48. The number of aromatic hydroxyl groups is 1. The first-order valence-corrected chi connectivity index (χ1v) is 14.7. The summed E-state index contributed by atoms with van der Waals surface area (Å²) in [7, 11) is -3.82. The van der Waals surface area contributed by atoms with Crippen LogP contribution in [0.3, 0.4) is 0 Å². The maximum atomic E-state index is 13.2. The van der Waals surface area contributed by atoms with Gasteiger partial charge in [0.2, 0.25) is 0 Å². The van der Waals surface area contributed by atoms with Crippen molar-refractivity contribution in [2.45, 2.75) is 49.5 Å². The molecule has 2 atom stereocenters. The van der Waals surface area contributed by atoms with Crippen molar-refractivity contribution >= 4 is 27.0 Å². The van der Waals surface area contributed by atoms with Crippen molar-refractivity contribution in [2.24, 2.45) is 5.92 Å². The summed E-state index contributed by atoms with van der Waals surface area (Å²) in [6, 6.07) is 18.6. The summed E-state index contributed by atoms with van der Waals surface area (Å²) in [6.07, 6.45) is 3.19. The number of nitrogens with one attached hydrogen (secondary N) is 1. The first-order chi connectivity index (χ1) is 17.9. The lowest BCUT2D eigenvalue weighted by Crippen LogP contribution is -2.18. The van der Waals surface area contributed by atoms with Crippen LogP contribution in [-0.2, 0) is 16.4 Å². The molecule has 37 heavy (non-hydrogen) atoms. The van der Waals surface area contributed by atoms with E-state index in [-0.39, 0.29) is 28.2 Å². The van der Waals surface area contributed by atoms with Crippen molar-refractivity contribution in [3.63, 3.8) is 0 Å². The van der Waals surface area contributed by atoms with E-state index in [1.54, 1.807) is 24.3 Å². The van der Waals surface area contributed by atoms with Crippen molar-refractivity contribution in [1.29, 1.82) is 0 Å². The monoisotopic (exact) mass is 536 g/mol. The average Bonchev–Trinajstić information content (AvgIpc) is 3.55. The third-order valence-electron chi connectivity index (χ3n) is 6.82. The molecule has 0 aliphatic heterocycles. The number of hydrogen-bond donors (Lipinski definition) is 2. The number of hydrogen-bond acceptors (Lipinski definition) is 7. The number of benzene rings is 2. The van der Waals surface area contributed by atoms with E-state index in [0.717, 1.165) is 30.4 Å². The standard InChI is InChI=1S/C28H28N2O5S2/c1-2-18(19-7-4-3-5-8-19)14-23-15-24(31)27(28(32)35-23)26(20-11-12-20)21-9-6-10-22(13-21)30-37(33,34)25-16-36-17-29-25/h3-10,13,15-18,20,26,30-31H,2,11-12,14H2,1H3.